The molecule has 2 aliphatic rings. The van der Waals surface area contributed by atoms with Crippen molar-refractivity contribution < 1.29 is 34.4 Å². The van der Waals surface area contributed by atoms with E-state index in [1.807, 2.05) is 0 Å². The lowest BCUT2D eigenvalue weighted by molar-refractivity contribution is -0.162. The number of fused-ring (bicyclic) bond motifs is 1. The van der Waals surface area contributed by atoms with Crippen LogP contribution in [0.2, 0.25) is 0 Å². The molecule has 2 rings (SSSR count). The molecule has 7 heteroatoms. The Morgan fingerprint density at radius 3 is 2.52 bits per heavy atom. The predicted octanol–water partition coefficient (Wildman–Crippen LogP) is 0.668. The second-order valence-corrected chi connectivity index (χ2v) is 6.93. The number of hydrogen-bond acceptors (Lipinski definition) is 7. The Labute approximate surface area is 158 Å². The minimum atomic E-state index is -1.01. The topological polar surface area (TPSA) is 113 Å². The standard InChI is InChI=1S/C20H26O7/c1-5-13(9-22)19(25)26-14-7-20(6-2,10-23)16(11(3)8-21)17-15(14)12(4)18(24)27-17/h5-6,14-17,21-23H,2-4,7-10H2,1H3. The lowest BCUT2D eigenvalue weighted by Gasteiger charge is -2.49. The van der Waals surface area contributed by atoms with Gasteiger partial charge in [0, 0.05) is 16.9 Å². The van der Waals surface area contributed by atoms with E-state index in [1.54, 1.807) is 6.92 Å². The van der Waals surface area contributed by atoms with Crippen LogP contribution in [0.1, 0.15) is 13.3 Å². The third kappa shape index (κ3) is 3.50. The Morgan fingerprint density at radius 2 is 2.04 bits per heavy atom. The first kappa shape index (κ1) is 21.1. The molecule has 5 atom stereocenters. The molecule has 148 valence electrons. The minimum absolute atomic E-state index is 0.0810. The van der Waals surface area contributed by atoms with Crippen molar-refractivity contribution in [3.05, 3.63) is 48.6 Å². The molecule has 5 unspecified atom stereocenters. The summed E-state index contributed by atoms with van der Waals surface area (Å²) in [5.41, 5.74) is -0.380. The van der Waals surface area contributed by atoms with Crippen LogP contribution in [0, 0.1) is 17.3 Å². The van der Waals surface area contributed by atoms with E-state index in [0.717, 1.165) is 0 Å². The molecule has 3 N–H and O–H groups in total. The van der Waals surface area contributed by atoms with Crippen molar-refractivity contribution in [3.8, 4) is 0 Å². The highest BCUT2D eigenvalue weighted by Gasteiger charge is 2.60. The van der Waals surface area contributed by atoms with Gasteiger partial charge >= 0.3 is 11.9 Å². The van der Waals surface area contributed by atoms with Gasteiger partial charge in [0.05, 0.1) is 31.3 Å². The third-order valence-corrected chi connectivity index (χ3v) is 5.57. The van der Waals surface area contributed by atoms with E-state index in [2.05, 4.69) is 19.7 Å². The van der Waals surface area contributed by atoms with Crippen LogP contribution in [0.25, 0.3) is 0 Å². The highest BCUT2D eigenvalue weighted by atomic mass is 16.6. The lowest BCUT2D eigenvalue weighted by atomic mass is 9.58. The molecule has 0 aromatic rings. The number of allylic oxidation sites excluding steroid dienone is 1. The van der Waals surface area contributed by atoms with Gasteiger partial charge in [-0.3, -0.25) is 0 Å². The number of ether oxygens (including phenoxy) is 2. The molecule has 0 radical (unpaired) electrons. The van der Waals surface area contributed by atoms with Gasteiger partial charge in [0.1, 0.15) is 12.2 Å². The van der Waals surface area contributed by atoms with Gasteiger partial charge in [0.2, 0.25) is 0 Å². The van der Waals surface area contributed by atoms with Crippen molar-refractivity contribution in [2.75, 3.05) is 19.8 Å². The smallest absolute Gasteiger partial charge is 0.336 e. The first-order chi connectivity index (χ1) is 12.8. The normalized spacial score (nSPS) is 33.3. The van der Waals surface area contributed by atoms with E-state index in [-0.39, 0.29) is 30.8 Å². The molecule has 0 spiro atoms. The van der Waals surface area contributed by atoms with Gasteiger partial charge in [0.15, 0.2) is 0 Å². The van der Waals surface area contributed by atoms with E-state index in [9.17, 15) is 24.9 Å². The molecule has 0 aromatic carbocycles. The van der Waals surface area contributed by atoms with Crippen LogP contribution in [0.3, 0.4) is 0 Å². The Balaban J connectivity index is 2.48. The van der Waals surface area contributed by atoms with Crippen LogP contribution in [0.15, 0.2) is 48.6 Å². The monoisotopic (exact) mass is 378 g/mol. The van der Waals surface area contributed by atoms with Crippen LogP contribution in [-0.4, -0.2) is 59.3 Å². The highest BCUT2D eigenvalue weighted by molar-refractivity contribution is 5.92. The Kier molecular flexibility index (Phi) is 6.41. The van der Waals surface area contributed by atoms with E-state index in [4.69, 9.17) is 9.47 Å². The van der Waals surface area contributed by atoms with Crippen LogP contribution in [-0.2, 0) is 19.1 Å². The molecule has 7 nitrogen and oxygen atoms in total. The summed E-state index contributed by atoms with van der Waals surface area (Å²) in [5, 5.41) is 29.0. The molecule has 27 heavy (non-hydrogen) atoms. The summed E-state index contributed by atoms with van der Waals surface area (Å²) in [6, 6.07) is 0. The molecule has 0 aromatic heterocycles. The van der Waals surface area contributed by atoms with Crippen LogP contribution in [0.4, 0.5) is 0 Å². The summed E-state index contributed by atoms with van der Waals surface area (Å²) in [6.45, 7) is 11.8. The molecule has 1 aliphatic carbocycles. The van der Waals surface area contributed by atoms with Crippen LogP contribution >= 0.6 is 0 Å². The van der Waals surface area contributed by atoms with Crippen molar-refractivity contribution in [1.29, 1.82) is 0 Å². The Bertz CT molecular complexity index is 692. The number of aliphatic hydroxyl groups is 3. The van der Waals surface area contributed by atoms with Crippen molar-refractivity contribution in [2.24, 2.45) is 17.3 Å². The largest absolute Gasteiger partial charge is 0.458 e. The number of rotatable bonds is 7. The van der Waals surface area contributed by atoms with Crippen LogP contribution < -0.4 is 0 Å². The summed E-state index contributed by atoms with van der Waals surface area (Å²) in [5.74, 6) is -2.59. The van der Waals surface area contributed by atoms with Gasteiger partial charge in [0.25, 0.3) is 0 Å². The fraction of sp³-hybridized carbons (Fsp3) is 0.500. The second-order valence-electron chi connectivity index (χ2n) is 6.93. The average Bonchev–Trinajstić information content (AvgIpc) is 2.96. The number of carbonyl (C=O) groups excluding carboxylic acids is 2. The lowest BCUT2D eigenvalue weighted by Crippen LogP contribution is -2.54. The zero-order valence-electron chi connectivity index (χ0n) is 15.4. The summed E-state index contributed by atoms with van der Waals surface area (Å²) in [6.07, 6.45) is 1.48. The molecular formula is C20H26O7. The van der Waals surface area contributed by atoms with E-state index in [1.165, 1.54) is 12.2 Å². The van der Waals surface area contributed by atoms with Gasteiger partial charge < -0.3 is 24.8 Å². The van der Waals surface area contributed by atoms with Crippen LogP contribution in [0.5, 0.6) is 0 Å². The summed E-state index contributed by atoms with van der Waals surface area (Å²) in [7, 11) is 0. The fourth-order valence-corrected chi connectivity index (χ4v) is 4.05. The zero-order chi connectivity index (χ0) is 20.4. The van der Waals surface area contributed by atoms with Gasteiger partial charge in [-0.15, -0.1) is 6.58 Å². The minimum Gasteiger partial charge on any atom is -0.458 e. The van der Waals surface area contributed by atoms with Gasteiger partial charge in [-0.2, -0.15) is 0 Å². The fourth-order valence-electron chi connectivity index (χ4n) is 4.05. The van der Waals surface area contributed by atoms with Gasteiger partial charge in [-0.1, -0.05) is 25.3 Å². The maximum atomic E-state index is 12.4. The Morgan fingerprint density at radius 1 is 1.37 bits per heavy atom. The van der Waals surface area contributed by atoms with Crippen molar-refractivity contribution >= 4 is 11.9 Å². The summed E-state index contributed by atoms with van der Waals surface area (Å²) < 4.78 is 11.0. The van der Waals surface area contributed by atoms with Crippen molar-refractivity contribution in [2.45, 2.75) is 25.6 Å². The zero-order valence-corrected chi connectivity index (χ0v) is 15.4. The maximum absolute atomic E-state index is 12.4. The molecule has 2 fully saturated rings. The van der Waals surface area contributed by atoms with E-state index >= 15 is 0 Å². The SMILES string of the molecule is C=CC1(CO)CC(OC(=O)C(=CC)CO)C2C(=C)C(=O)OC2C1C(=C)CO. The molecule has 0 bridgehead atoms. The van der Waals surface area contributed by atoms with E-state index in [0.29, 0.717) is 5.57 Å². The predicted molar refractivity (Wildman–Crippen MR) is 97.3 cm³/mol. The third-order valence-electron chi connectivity index (χ3n) is 5.57. The van der Waals surface area contributed by atoms with Gasteiger partial charge in [-0.25, -0.2) is 9.59 Å². The number of carbonyl (C=O) groups is 2. The van der Waals surface area contributed by atoms with Crippen molar-refractivity contribution in [3.63, 3.8) is 0 Å². The molecular weight excluding hydrogens is 352 g/mol. The summed E-state index contributed by atoms with van der Waals surface area (Å²) >= 11 is 0. The summed E-state index contributed by atoms with van der Waals surface area (Å²) in [4.78, 5) is 24.5. The van der Waals surface area contributed by atoms with Gasteiger partial charge in [-0.05, 0) is 18.9 Å². The Hall–Kier alpha value is -2.22. The molecule has 1 saturated heterocycles. The van der Waals surface area contributed by atoms with Crippen molar-refractivity contribution in [1.82, 2.24) is 0 Å². The number of esters is 2. The quantitative estimate of drug-likeness (QED) is 0.339. The average molecular weight is 378 g/mol. The molecule has 0 amide bonds. The second kappa shape index (κ2) is 8.21. The first-order valence-corrected chi connectivity index (χ1v) is 8.70. The van der Waals surface area contributed by atoms with E-state index < -0.39 is 48.0 Å². The highest BCUT2D eigenvalue weighted by Crippen LogP contribution is 2.53. The number of aliphatic hydroxyl groups excluding tert-OH is 3. The molecule has 1 saturated carbocycles. The maximum Gasteiger partial charge on any atom is 0.336 e. The number of hydrogen-bond donors (Lipinski definition) is 3. The molecule has 1 aliphatic heterocycles. The molecule has 1 heterocycles. The first-order valence-electron chi connectivity index (χ1n) is 8.70.